The largest absolute Gasteiger partial charge is 0.429 e. The quantitative estimate of drug-likeness (QED) is 0.106. The number of benzene rings is 5. The summed E-state index contributed by atoms with van der Waals surface area (Å²) in [6, 6.07) is 16.5. The molecule has 0 unspecified atom stereocenters. The summed E-state index contributed by atoms with van der Waals surface area (Å²) in [7, 11) is 0. The van der Waals surface area contributed by atoms with E-state index in [2.05, 4.69) is 11.7 Å². The van der Waals surface area contributed by atoms with Crippen LogP contribution in [0.2, 0.25) is 0 Å². The fourth-order valence-corrected chi connectivity index (χ4v) is 5.29. The molecule has 0 saturated heterocycles. The van der Waals surface area contributed by atoms with E-state index in [4.69, 9.17) is 0 Å². The van der Waals surface area contributed by atoms with Gasteiger partial charge >= 0.3 is 12.3 Å². The molecule has 250 valence electrons. The zero-order chi connectivity index (χ0) is 34.8. The number of halogens is 10. The lowest BCUT2D eigenvalue weighted by atomic mass is 9.98. The van der Waals surface area contributed by atoms with E-state index < -0.39 is 69.4 Å². The SMILES string of the molecule is CCCCCc1ccc(-c2ccc(C(F)(F)Oc3ccc(-c4ccc(-c5cc(F)c(C(F)(F)F)c(F)c5)c(F)c4)c(F)c3)c(F)c2)cc1. The molecule has 0 radical (unpaired) electrons. The monoisotopic (exact) mass is 676 g/mol. The normalized spacial score (nSPS) is 12.0. The predicted octanol–water partition coefficient (Wildman–Crippen LogP) is 12.3. The highest BCUT2D eigenvalue weighted by molar-refractivity contribution is 5.72. The first-order chi connectivity index (χ1) is 22.7. The molecule has 5 aromatic carbocycles. The molecule has 1 nitrogen and oxygen atoms in total. The first-order valence-electron chi connectivity index (χ1n) is 14.8. The smallest absolute Gasteiger partial charge is 0.429 e. The third-order valence-corrected chi connectivity index (χ3v) is 7.74. The molecule has 0 N–H and O–H groups in total. The van der Waals surface area contributed by atoms with Crippen LogP contribution in [0.4, 0.5) is 43.9 Å². The van der Waals surface area contributed by atoms with Crippen molar-refractivity contribution in [3.63, 3.8) is 0 Å². The van der Waals surface area contributed by atoms with E-state index in [0.717, 1.165) is 73.7 Å². The van der Waals surface area contributed by atoms with Crippen molar-refractivity contribution < 1.29 is 48.6 Å². The summed E-state index contributed by atoms with van der Waals surface area (Å²) in [5.74, 6) is -8.09. The van der Waals surface area contributed by atoms with Crippen molar-refractivity contribution >= 4 is 0 Å². The Morgan fingerprint density at radius 3 is 1.65 bits per heavy atom. The first kappa shape index (κ1) is 34.5. The van der Waals surface area contributed by atoms with Crippen LogP contribution in [0.5, 0.6) is 5.75 Å². The highest BCUT2D eigenvalue weighted by Crippen LogP contribution is 2.39. The molecule has 0 saturated carbocycles. The molecule has 0 heterocycles. The molecule has 5 rings (SSSR count). The van der Waals surface area contributed by atoms with Crippen LogP contribution in [0.15, 0.2) is 91.0 Å². The van der Waals surface area contributed by atoms with Crippen LogP contribution in [0.25, 0.3) is 33.4 Å². The zero-order valence-corrected chi connectivity index (χ0v) is 25.2. The summed E-state index contributed by atoms with van der Waals surface area (Å²) in [6.45, 7) is 2.10. The van der Waals surface area contributed by atoms with E-state index in [-0.39, 0.29) is 11.1 Å². The van der Waals surface area contributed by atoms with E-state index in [1.807, 2.05) is 12.1 Å². The van der Waals surface area contributed by atoms with Crippen molar-refractivity contribution in [1.82, 2.24) is 0 Å². The van der Waals surface area contributed by atoms with Crippen LogP contribution in [0, 0.1) is 29.1 Å². The van der Waals surface area contributed by atoms with Gasteiger partial charge in [-0.25, -0.2) is 22.0 Å². The van der Waals surface area contributed by atoms with E-state index in [1.165, 1.54) is 6.07 Å². The lowest BCUT2D eigenvalue weighted by molar-refractivity contribution is -0.187. The Hall–Kier alpha value is -4.80. The van der Waals surface area contributed by atoms with Crippen LogP contribution in [-0.2, 0) is 18.7 Å². The minimum atomic E-state index is -5.31. The second-order valence-corrected chi connectivity index (χ2v) is 11.1. The Balaban J connectivity index is 1.32. The molecule has 11 heteroatoms. The van der Waals surface area contributed by atoms with Gasteiger partial charge in [-0.15, -0.1) is 0 Å². The van der Waals surface area contributed by atoms with E-state index in [9.17, 15) is 30.7 Å². The number of ether oxygens (including phenoxy) is 1. The second kappa shape index (κ2) is 13.7. The molecule has 5 aromatic rings. The van der Waals surface area contributed by atoms with Crippen molar-refractivity contribution in [2.24, 2.45) is 0 Å². The molecule has 0 amide bonds. The van der Waals surface area contributed by atoms with Crippen LogP contribution in [0.1, 0.15) is 42.9 Å². The number of hydrogen-bond donors (Lipinski definition) is 0. The molecular formula is C37H26F10O. The molecule has 0 aliphatic carbocycles. The van der Waals surface area contributed by atoms with Gasteiger partial charge in [0.1, 0.15) is 40.4 Å². The highest BCUT2D eigenvalue weighted by atomic mass is 19.4. The topological polar surface area (TPSA) is 9.23 Å². The third-order valence-electron chi connectivity index (χ3n) is 7.74. The maximum atomic E-state index is 15.0. The molecule has 0 atom stereocenters. The Labute approximate surface area is 269 Å². The van der Waals surface area contributed by atoms with Crippen LogP contribution in [-0.4, -0.2) is 0 Å². The van der Waals surface area contributed by atoms with Crippen molar-refractivity contribution in [2.75, 3.05) is 0 Å². The van der Waals surface area contributed by atoms with Crippen molar-refractivity contribution in [2.45, 2.75) is 44.9 Å². The first-order valence-corrected chi connectivity index (χ1v) is 14.8. The number of unbranched alkanes of at least 4 members (excludes halogenated alkanes) is 2. The maximum Gasteiger partial charge on any atom is 0.429 e. The molecule has 0 aliphatic heterocycles. The van der Waals surface area contributed by atoms with Crippen molar-refractivity contribution in [1.29, 1.82) is 0 Å². The fraction of sp³-hybridized carbons (Fsp3) is 0.189. The Morgan fingerprint density at radius 1 is 0.521 bits per heavy atom. The number of aryl methyl sites for hydroxylation is 1. The number of hydrogen-bond acceptors (Lipinski definition) is 1. The minimum Gasteiger partial charge on any atom is -0.429 e. The summed E-state index contributed by atoms with van der Waals surface area (Å²) in [5.41, 5.74) is -2.53. The lowest BCUT2D eigenvalue weighted by Gasteiger charge is -2.20. The standard InChI is InChI=1S/C37H26F10O/c1-2-3-4-5-21-6-8-22(9-7-21)23-11-15-29(32(40)16-23)37(46,47)48-26-12-14-27(31(39)20-26)24-10-13-28(30(38)17-24)25-18-33(41)35(34(42)19-25)36(43,44)45/h6-20H,2-5H2,1H3. The van der Waals surface area contributed by atoms with Crippen molar-refractivity contribution in [3.05, 3.63) is 137 Å². The maximum absolute atomic E-state index is 15.0. The molecule has 0 aliphatic rings. The summed E-state index contributed by atoms with van der Waals surface area (Å²) in [4.78, 5) is 0. The molecule has 0 fully saturated rings. The van der Waals surface area contributed by atoms with Gasteiger partial charge in [-0.1, -0.05) is 62.2 Å². The summed E-state index contributed by atoms with van der Waals surface area (Å²) < 4.78 is 146. The van der Waals surface area contributed by atoms with Gasteiger partial charge in [0.05, 0.1) is 5.56 Å². The Morgan fingerprint density at radius 2 is 1.06 bits per heavy atom. The summed E-state index contributed by atoms with van der Waals surface area (Å²) >= 11 is 0. The van der Waals surface area contributed by atoms with Gasteiger partial charge in [-0.2, -0.15) is 22.0 Å². The van der Waals surface area contributed by atoms with Crippen LogP contribution in [0.3, 0.4) is 0 Å². The van der Waals surface area contributed by atoms with Crippen LogP contribution < -0.4 is 4.74 Å². The second-order valence-electron chi connectivity index (χ2n) is 11.1. The van der Waals surface area contributed by atoms with Gasteiger partial charge in [-0.05, 0) is 83.1 Å². The molecule has 48 heavy (non-hydrogen) atoms. The van der Waals surface area contributed by atoms with E-state index in [1.54, 1.807) is 12.1 Å². The van der Waals surface area contributed by atoms with Crippen LogP contribution >= 0.6 is 0 Å². The average molecular weight is 677 g/mol. The lowest BCUT2D eigenvalue weighted by Crippen LogP contribution is -2.23. The van der Waals surface area contributed by atoms with Gasteiger partial charge in [0.15, 0.2) is 0 Å². The van der Waals surface area contributed by atoms with Crippen molar-refractivity contribution in [3.8, 4) is 39.1 Å². The highest BCUT2D eigenvalue weighted by Gasteiger charge is 2.39. The Bertz CT molecular complexity index is 1910. The van der Waals surface area contributed by atoms with Gasteiger partial charge in [0, 0.05) is 17.2 Å². The van der Waals surface area contributed by atoms with Gasteiger partial charge in [-0.3, -0.25) is 0 Å². The van der Waals surface area contributed by atoms with E-state index >= 15 is 13.2 Å². The third kappa shape index (κ3) is 7.50. The van der Waals surface area contributed by atoms with E-state index in [0.29, 0.717) is 29.3 Å². The predicted molar refractivity (Wildman–Crippen MR) is 162 cm³/mol. The number of alkyl halides is 5. The van der Waals surface area contributed by atoms with Gasteiger partial charge in [0.2, 0.25) is 0 Å². The zero-order valence-electron chi connectivity index (χ0n) is 25.2. The average Bonchev–Trinajstić information content (AvgIpc) is 3.00. The molecule has 0 bridgehead atoms. The molecular weight excluding hydrogens is 650 g/mol. The fourth-order valence-electron chi connectivity index (χ4n) is 5.29. The Kier molecular flexibility index (Phi) is 9.89. The molecule has 0 spiro atoms. The molecule has 0 aromatic heterocycles. The van der Waals surface area contributed by atoms with Gasteiger partial charge < -0.3 is 4.74 Å². The minimum absolute atomic E-state index is 0.129. The number of rotatable bonds is 10. The van der Waals surface area contributed by atoms with Gasteiger partial charge in [0.25, 0.3) is 0 Å². The summed E-state index contributed by atoms with van der Waals surface area (Å²) in [6.07, 6.45) is -5.41. The summed E-state index contributed by atoms with van der Waals surface area (Å²) in [5, 5.41) is 0.